The van der Waals surface area contributed by atoms with E-state index in [1.807, 2.05) is 32.9 Å². The van der Waals surface area contributed by atoms with Crippen molar-refractivity contribution in [3.8, 4) is 11.3 Å². The number of hydrogen-bond donors (Lipinski definition) is 1. The Kier molecular flexibility index (Phi) is 4.83. The maximum Gasteiger partial charge on any atom is 0.261 e. The molecule has 0 aliphatic carbocycles. The van der Waals surface area contributed by atoms with Crippen molar-refractivity contribution in [1.29, 1.82) is 0 Å². The Balaban J connectivity index is 2.06. The van der Waals surface area contributed by atoms with Crippen LogP contribution in [0.3, 0.4) is 0 Å². The molecule has 2 aromatic carbocycles. The molecule has 134 valence electrons. The number of anilines is 1. The highest BCUT2D eigenvalue weighted by molar-refractivity contribution is 6.33. The highest BCUT2D eigenvalue weighted by Crippen LogP contribution is 2.34. The summed E-state index contributed by atoms with van der Waals surface area (Å²) in [4.78, 5) is 12.9. The lowest BCUT2D eigenvalue weighted by molar-refractivity contribution is 0.102. The molecule has 0 saturated heterocycles. The second-order valence-corrected chi connectivity index (χ2v) is 6.69. The standard InChI is InChI=1S/C20H18ClFN2O2/c1-10-8-11(2)18(12(3)9-10)23-20(25)16-13(4)26-24-19(16)17-14(21)6-5-7-15(17)22/h5-9H,1-4H3,(H,23,25). The molecule has 1 N–H and O–H groups in total. The molecule has 0 bridgehead atoms. The van der Waals surface area contributed by atoms with Gasteiger partial charge < -0.3 is 9.84 Å². The van der Waals surface area contributed by atoms with Crippen molar-refractivity contribution >= 4 is 23.2 Å². The zero-order chi connectivity index (χ0) is 19.0. The summed E-state index contributed by atoms with van der Waals surface area (Å²) in [5.74, 6) is -0.699. The molecule has 1 aromatic heterocycles. The van der Waals surface area contributed by atoms with Crippen LogP contribution in [0.25, 0.3) is 11.3 Å². The lowest BCUT2D eigenvalue weighted by Gasteiger charge is -2.13. The molecule has 0 spiro atoms. The number of nitrogens with zero attached hydrogens (tertiary/aromatic N) is 1. The van der Waals surface area contributed by atoms with E-state index in [1.165, 1.54) is 12.1 Å². The van der Waals surface area contributed by atoms with E-state index in [2.05, 4.69) is 10.5 Å². The maximum atomic E-state index is 14.3. The van der Waals surface area contributed by atoms with Crippen molar-refractivity contribution in [2.24, 2.45) is 0 Å². The van der Waals surface area contributed by atoms with E-state index in [-0.39, 0.29) is 21.8 Å². The van der Waals surface area contributed by atoms with E-state index < -0.39 is 11.7 Å². The van der Waals surface area contributed by atoms with Gasteiger partial charge in [-0.3, -0.25) is 4.79 Å². The SMILES string of the molecule is Cc1cc(C)c(NC(=O)c2c(-c3c(F)cccc3Cl)noc2C)c(C)c1. The largest absolute Gasteiger partial charge is 0.360 e. The van der Waals surface area contributed by atoms with Crippen molar-refractivity contribution in [3.63, 3.8) is 0 Å². The Morgan fingerprint density at radius 2 is 1.81 bits per heavy atom. The molecule has 0 atom stereocenters. The minimum absolute atomic E-state index is 0.0496. The Morgan fingerprint density at radius 3 is 2.42 bits per heavy atom. The number of nitrogens with one attached hydrogen (secondary N) is 1. The first kappa shape index (κ1) is 18.1. The van der Waals surface area contributed by atoms with E-state index in [0.717, 1.165) is 16.7 Å². The van der Waals surface area contributed by atoms with Crippen LogP contribution in [0.15, 0.2) is 34.9 Å². The van der Waals surface area contributed by atoms with Gasteiger partial charge in [0, 0.05) is 5.69 Å². The van der Waals surface area contributed by atoms with E-state index in [0.29, 0.717) is 11.4 Å². The van der Waals surface area contributed by atoms with Gasteiger partial charge in [-0.1, -0.05) is 40.5 Å². The van der Waals surface area contributed by atoms with Crippen LogP contribution in [-0.4, -0.2) is 11.1 Å². The summed E-state index contributed by atoms with van der Waals surface area (Å²) in [6.45, 7) is 7.44. The molecular formula is C20H18ClFN2O2. The fraction of sp³-hybridized carbons (Fsp3) is 0.200. The monoisotopic (exact) mass is 372 g/mol. The van der Waals surface area contributed by atoms with Gasteiger partial charge in [0.15, 0.2) is 0 Å². The molecule has 0 fully saturated rings. The van der Waals surface area contributed by atoms with Gasteiger partial charge in [-0.2, -0.15) is 0 Å². The number of carbonyl (C=O) groups excluding carboxylic acids is 1. The Bertz CT molecular complexity index is 968. The van der Waals surface area contributed by atoms with Gasteiger partial charge in [-0.15, -0.1) is 0 Å². The van der Waals surface area contributed by atoms with Gasteiger partial charge >= 0.3 is 0 Å². The van der Waals surface area contributed by atoms with E-state index >= 15 is 0 Å². The number of hydrogen-bond acceptors (Lipinski definition) is 3. The molecule has 0 aliphatic rings. The lowest BCUT2D eigenvalue weighted by atomic mass is 10.0. The second-order valence-electron chi connectivity index (χ2n) is 6.29. The van der Waals surface area contributed by atoms with Crippen molar-refractivity contribution in [2.75, 3.05) is 5.32 Å². The molecule has 6 heteroatoms. The van der Waals surface area contributed by atoms with Crippen molar-refractivity contribution < 1.29 is 13.7 Å². The molecule has 26 heavy (non-hydrogen) atoms. The number of halogens is 2. The van der Waals surface area contributed by atoms with Crippen LogP contribution in [0.4, 0.5) is 10.1 Å². The topological polar surface area (TPSA) is 55.1 Å². The molecule has 3 aromatic rings. The predicted octanol–water partition coefficient (Wildman–Crippen LogP) is 5.62. The molecular weight excluding hydrogens is 355 g/mol. The van der Waals surface area contributed by atoms with Gasteiger partial charge in [0.25, 0.3) is 5.91 Å². The van der Waals surface area contributed by atoms with E-state index in [4.69, 9.17) is 16.1 Å². The summed E-state index contributed by atoms with van der Waals surface area (Å²) in [5, 5.41) is 6.92. The third-order valence-corrected chi connectivity index (χ3v) is 4.52. The summed E-state index contributed by atoms with van der Waals surface area (Å²) < 4.78 is 19.5. The van der Waals surface area contributed by atoms with Crippen LogP contribution in [0.1, 0.15) is 32.8 Å². The Morgan fingerprint density at radius 1 is 1.15 bits per heavy atom. The number of carbonyl (C=O) groups is 1. The van der Waals surface area contributed by atoms with E-state index in [9.17, 15) is 9.18 Å². The number of amides is 1. The summed E-state index contributed by atoms with van der Waals surface area (Å²) in [6.07, 6.45) is 0. The Hall–Kier alpha value is -2.66. The zero-order valence-electron chi connectivity index (χ0n) is 14.9. The zero-order valence-corrected chi connectivity index (χ0v) is 15.7. The van der Waals surface area contributed by atoms with Gasteiger partial charge in [0.1, 0.15) is 22.8 Å². The van der Waals surface area contributed by atoms with Crippen LogP contribution < -0.4 is 5.32 Å². The normalized spacial score (nSPS) is 10.8. The third-order valence-electron chi connectivity index (χ3n) is 4.20. The van der Waals surface area contributed by atoms with Crippen LogP contribution in [0, 0.1) is 33.5 Å². The first-order valence-electron chi connectivity index (χ1n) is 8.09. The number of aromatic nitrogens is 1. The number of benzene rings is 2. The fourth-order valence-corrected chi connectivity index (χ4v) is 3.34. The number of rotatable bonds is 3. The highest BCUT2D eigenvalue weighted by Gasteiger charge is 2.26. The predicted molar refractivity (Wildman–Crippen MR) is 100 cm³/mol. The minimum Gasteiger partial charge on any atom is -0.360 e. The van der Waals surface area contributed by atoms with Crippen LogP contribution in [-0.2, 0) is 0 Å². The number of aryl methyl sites for hydroxylation is 4. The fourth-order valence-electron chi connectivity index (χ4n) is 3.09. The minimum atomic E-state index is -0.567. The maximum absolute atomic E-state index is 14.3. The molecule has 1 heterocycles. The quantitative estimate of drug-likeness (QED) is 0.649. The van der Waals surface area contributed by atoms with Gasteiger partial charge in [0.05, 0.1) is 10.6 Å². The van der Waals surface area contributed by atoms with Gasteiger partial charge in [-0.25, -0.2) is 4.39 Å². The molecule has 0 aliphatic heterocycles. The van der Waals surface area contributed by atoms with Crippen molar-refractivity contribution in [1.82, 2.24) is 5.16 Å². The van der Waals surface area contributed by atoms with Gasteiger partial charge in [-0.05, 0) is 51.0 Å². The van der Waals surface area contributed by atoms with Crippen LogP contribution in [0.2, 0.25) is 5.02 Å². The summed E-state index contributed by atoms with van der Waals surface area (Å²) in [5.41, 5.74) is 4.01. The Labute approximate surface area is 156 Å². The average Bonchev–Trinajstić information content (AvgIpc) is 2.92. The summed E-state index contributed by atoms with van der Waals surface area (Å²) >= 11 is 6.12. The second kappa shape index (κ2) is 6.92. The van der Waals surface area contributed by atoms with Crippen LogP contribution >= 0.6 is 11.6 Å². The first-order valence-corrected chi connectivity index (χ1v) is 8.47. The molecule has 0 radical (unpaired) electrons. The van der Waals surface area contributed by atoms with Crippen LogP contribution in [0.5, 0.6) is 0 Å². The smallest absolute Gasteiger partial charge is 0.261 e. The molecule has 0 saturated carbocycles. The molecule has 0 unspecified atom stereocenters. The van der Waals surface area contributed by atoms with Crippen molar-refractivity contribution in [2.45, 2.75) is 27.7 Å². The summed E-state index contributed by atoms with van der Waals surface area (Å²) in [6, 6.07) is 8.27. The van der Waals surface area contributed by atoms with E-state index in [1.54, 1.807) is 13.0 Å². The third kappa shape index (κ3) is 3.22. The van der Waals surface area contributed by atoms with Crippen molar-refractivity contribution in [3.05, 3.63) is 69.2 Å². The van der Waals surface area contributed by atoms with Gasteiger partial charge in [0.2, 0.25) is 0 Å². The lowest BCUT2D eigenvalue weighted by Crippen LogP contribution is -2.15. The average molecular weight is 373 g/mol. The highest BCUT2D eigenvalue weighted by atomic mass is 35.5. The molecule has 1 amide bonds. The first-order chi connectivity index (χ1) is 12.3. The molecule has 3 rings (SSSR count). The molecule has 4 nitrogen and oxygen atoms in total. The summed E-state index contributed by atoms with van der Waals surface area (Å²) in [7, 11) is 0.